The lowest BCUT2D eigenvalue weighted by molar-refractivity contribution is -0.158. The Morgan fingerprint density at radius 3 is 2.18 bits per heavy atom. The summed E-state index contributed by atoms with van der Waals surface area (Å²) in [6.07, 6.45) is 2.64. The van der Waals surface area contributed by atoms with Crippen LogP contribution in [0, 0.1) is 11.3 Å². The summed E-state index contributed by atoms with van der Waals surface area (Å²) in [5.41, 5.74) is 1.29. The summed E-state index contributed by atoms with van der Waals surface area (Å²) < 4.78 is 11.1. The van der Waals surface area contributed by atoms with Gasteiger partial charge in [-0.15, -0.1) is 0 Å². The summed E-state index contributed by atoms with van der Waals surface area (Å²) in [4.78, 5) is 28.1. The van der Waals surface area contributed by atoms with E-state index < -0.39 is 11.8 Å². The minimum atomic E-state index is -0.993. The molecule has 0 aromatic heterocycles. The Bertz CT molecular complexity index is 929. The van der Waals surface area contributed by atoms with E-state index in [1.165, 1.54) is 18.2 Å². The average molecular weight is 450 g/mol. The number of carbonyl (C=O) groups is 2. The zero-order chi connectivity index (χ0) is 23.6. The highest BCUT2D eigenvalue weighted by atomic mass is 16.6. The van der Waals surface area contributed by atoms with Crippen molar-refractivity contribution in [2.24, 2.45) is 11.3 Å². The van der Waals surface area contributed by atoms with Gasteiger partial charge < -0.3 is 9.47 Å². The van der Waals surface area contributed by atoms with Crippen molar-refractivity contribution in [2.75, 3.05) is 13.7 Å². The molecule has 2 aromatic carbocycles. The molecule has 0 saturated carbocycles. The van der Waals surface area contributed by atoms with Crippen LogP contribution in [-0.2, 0) is 19.1 Å². The number of fused-ring (bicyclic) bond motifs is 1. The molecule has 0 bridgehead atoms. The van der Waals surface area contributed by atoms with Crippen molar-refractivity contribution >= 4 is 11.9 Å². The maximum absolute atomic E-state index is 13.5. The van der Waals surface area contributed by atoms with Crippen molar-refractivity contribution in [3.63, 3.8) is 0 Å². The van der Waals surface area contributed by atoms with E-state index in [0.717, 1.165) is 19.3 Å². The van der Waals surface area contributed by atoms with Crippen molar-refractivity contribution in [3.8, 4) is 0 Å². The van der Waals surface area contributed by atoms with Crippen molar-refractivity contribution in [1.82, 2.24) is 4.90 Å². The molecule has 0 aliphatic carbocycles. The van der Waals surface area contributed by atoms with Crippen LogP contribution in [0.4, 0.5) is 0 Å². The van der Waals surface area contributed by atoms with E-state index in [1.807, 2.05) is 32.9 Å². The monoisotopic (exact) mass is 449 g/mol. The Morgan fingerprint density at radius 2 is 1.67 bits per heavy atom. The highest BCUT2D eigenvalue weighted by molar-refractivity contribution is 5.94. The first-order valence-electron chi connectivity index (χ1n) is 11.9. The molecule has 0 N–H and O–H groups in total. The summed E-state index contributed by atoms with van der Waals surface area (Å²) in [5, 5.41) is 0. The molecule has 0 unspecified atom stereocenters. The zero-order valence-corrected chi connectivity index (χ0v) is 20.1. The molecule has 2 aromatic rings. The molecule has 2 aliphatic heterocycles. The molecule has 2 aliphatic rings. The molecule has 176 valence electrons. The maximum atomic E-state index is 13.5. The molecule has 0 spiro atoms. The van der Waals surface area contributed by atoms with Gasteiger partial charge in [0.15, 0.2) is 5.54 Å². The van der Waals surface area contributed by atoms with Crippen LogP contribution < -0.4 is 0 Å². The first-order chi connectivity index (χ1) is 15.8. The van der Waals surface area contributed by atoms with Crippen LogP contribution in [0.25, 0.3) is 0 Å². The second-order valence-electron chi connectivity index (χ2n) is 10.5. The highest BCUT2D eigenvalue weighted by Gasteiger charge is 2.64. The molecule has 5 nitrogen and oxygen atoms in total. The smallest absolute Gasteiger partial charge is 0.334 e. The molecule has 5 heteroatoms. The Hall–Kier alpha value is -2.66. The van der Waals surface area contributed by atoms with E-state index in [2.05, 4.69) is 48.5 Å². The molecular formula is C28H35NO4. The number of benzene rings is 2. The first-order valence-corrected chi connectivity index (χ1v) is 11.9. The van der Waals surface area contributed by atoms with Crippen molar-refractivity contribution in [1.29, 1.82) is 0 Å². The molecule has 33 heavy (non-hydrogen) atoms. The van der Waals surface area contributed by atoms with Gasteiger partial charge in [0.05, 0.1) is 13.7 Å². The number of carbonyl (C=O) groups excluding carboxylic acids is 2. The minimum absolute atomic E-state index is 0.0220. The number of esters is 1. The Morgan fingerprint density at radius 1 is 1.09 bits per heavy atom. The van der Waals surface area contributed by atoms with Gasteiger partial charge in [0, 0.05) is 17.3 Å². The van der Waals surface area contributed by atoms with E-state index >= 15 is 0 Å². The number of ether oxygens (including phenoxy) is 2. The van der Waals surface area contributed by atoms with Crippen LogP contribution in [-0.4, -0.2) is 42.3 Å². The number of hydrogen-bond acceptors (Lipinski definition) is 4. The quantitative estimate of drug-likeness (QED) is 0.549. The van der Waals surface area contributed by atoms with Gasteiger partial charge in [-0.2, -0.15) is 0 Å². The van der Waals surface area contributed by atoms with Gasteiger partial charge in [0.1, 0.15) is 6.23 Å². The molecule has 2 heterocycles. The Kier molecular flexibility index (Phi) is 6.62. The molecule has 4 rings (SSSR count). The van der Waals surface area contributed by atoms with E-state index in [0.29, 0.717) is 6.42 Å². The molecule has 2 saturated heterocycles. The van der Waals surface area contributed by atoms with Crippen LogP contribution in [0.5, 0.6) is 0 Å². The van der Waals surface area contributed by atoms with Gasteiger partial charge in [-0.1, -0.05) is 87.9 Å². The van der Waals surface area contributed by atoms with E-state index in [4.69, 9.17) is 9.47 Å². The largest absolute Gasteiger partial charge is 0.467 e. The standard InChI is InChI=1S/C28H35NO4/c1-27(2,3)25-29-24(30)22(18-28(29,19-33-25)26(31)32-4)16-11-17-23(20-12-7-5-8-13-20)21-14-9-6-10-15-21/h5-10,12-15,22-23,25H,11,16-19H2,1-4H3/t22-,25+,28-/m1/s1. The predicted molar refractivity (Wildman–Crippen MR) is 127 cm³/mol. The fraction of sp³-hybridized carbons (Fsp3) is 0.500. The van der Waals surface area contributed by atoms with Crippen LogP contribution in [0.2, 0.25) is 0 Å². The zero-order valence-electron chi connectivity index (χ0n) is 20.1. The number of nitrogens with zero attached hydrogens (tertiary/aromatic N) is 1. The fourth-order valence-electron chi connectivity index (χ4n) is 5.52. The summed E-state index contributed by atoms with van der Waals surface area (Å²) in [6, 6.07) is 21.1. The van der Waals surface area contributed by atoms with Crippen molar-refractivity contribution < 1.29 is 19.1 Å². The third kappa shape index (κ3) is 4.43. The molecule has 1 amide bonds. The lowest BCUT2D eigenvalue weighted by atomic mass is 9.84. The van der Waals surface area contributed by atoms with Crippen LogP contribution >= 0.6 is 0 Å². The van der Waals surface area contributed by atoms with E-state index in [-0.39, 0.29) is 35.7 Å². The number of rotatable bonds is 7. The van der Waals surface area contributed by atoms with Gasteiger partial charge in [-0.05, 0) is 30.4 Å². The summed E-state index contributed by atoms with van der Waals surface area (Å²) in [7, 11) is 1.39. The van der Waals surface area contributed by atoms with Crippen LogP contribution in [0.3, 0.4) is 0 Å². The van der Waals surface area contributed by atoms with Crippen molar-refractivity contribution in [3.05, 3.63) is 71.8 Å². The van der Waals surface area contributed by atoms with Crippen LogP contribution in [0.1, 0.15) is 63.5 Å². The van der Waals surface area contributed by atoms with Crippen molar-refractivity contribution in [2.45, 2.75) is 64.1 Å². The fourth-order valence-corrected chi connectivity index (χ4v) is 5.52. The average Bonchev–Trinajstić information content (AvgIpc) is 3.33. The van der Waals surface area contributed by atoms with Gasteiger partial charge >= 0.3 is 5.97 Å². The lowest BCUT2D eigenvalue weighted by Gasteiger charge is -2.36. The van der Waals surface area contributed by atoms with E-state index in [9.17, 15) is 9.59 Å². The second-order valence-corrected chi connectivity index (χ2v) is 10.5. The number of amides is 1. The third-order valence-corrected chi connectivity index (χ3v) is 7.10. The topological polar surface area (TPSA) is 55.8 Å². The first kappa shape index (κ1) is 23.5. The lowest BCUT2D eigenvalue weighted by Crippen LogP contribution is -2.54. The SMILES string of the molecule is COC(=O)[C@@]12CO[C@@H](C(C)(C)C)N1C(=O)[C@H](CCCC(c1ccccc1)c1ccccc1)C2. The Labute approximate surface area is 197 Å². The molecule has 2 fully saturated rings. The van der Waals surface area contributed by atoms with Gasteiger partial charge in [-0.3, -0.25) is 9.69 Å². The summed E-state index contributed by atoms with van der Waals surface area (Å²) in [6.45, 7) is 6.32. The number of methoxy groups -OCH3 is 1. The highest BCUT2D eigenvalue weighted by Crippen LogP contribution is 2.48. The third-order valence-electron chi connectivity index (χ3n) is 7.10. The van der Waals surface area contributed by atoms with Gasteiger partial charge in [-0.25, -0.2) is 4.79 Å². The minimum Gasteiger partial charge on any atom is -0.467 e. The molecular weight excluding hydrogens is 414 g/mol. The van der Waals surface area contributed by atoms with E-state index in [1.54, 1.807) is 4.90 Å². The normalized spacial score (nSPS) is 24.9. The number of hydrogen-bond donors (Lipinski definition) is 0. The summed E-state index contributed by atoms with van der Waals surface area (Å²) >= 11 is 0. The Balaban J connectivity index is 1.50. The van der Waals surface area contributed by atoms with Gasteiger partial charge in [0.25, 0.3) is 0 Å². The molecule has 0 radical (unpaired) electrons. The molecule has 3 atom stereocenters. The van der Waals surface area contributed by atoms with Crippen LogP contribution in [0.15, 0.2) is 60.7 Å². The summed E-state index contributed by atoms with van der Waals surface area (Å²) in [5.74, 6) is -0.251. The predicted octanol–water partition coefficient (Wildman–Crippen LogP) is 5.15. The second kappa shape index (κ2) is 9.30. The maximum Gasteiger partial charge on any atom is 0.334 e. The van der Waals surface area contributed by atoms with Gasteiger partial charge in [0.2, 0.25) is 5.91 Å².